The molecule has 0 fully saturated rings. The summed E-state index contributed by atoms with van der Waals surface area (Å²) >= 11 is 1.89. The largest absolute Gasteiger partial charge is 0.309 e. The third-order valence-electron chi connectivity index (χ3n) is 12.7. The van der Waals surface area contributed by atoms with Crippen LogP contribution in [0.4, 0.5) is 0 Å². The van der Waals surface area contributed by atoms with Gasteiger partial charge in [0.05, 0.1) is 22.1 Å². The fourth-order valence-electron chi connectivity index (χ4n) is 9.80. The molecule has 0 N–H and O–H groups in total. The molecule has 0 saturated heterocycles. The molecule has 0 aliphatic carbocycles. The first kappa shape index (κ1) is 34.2. The van der Waals surface area contributed by atoms with Gasteiger partial charge in [-0.3, -0.25) is 0 Å². The minimum absolute atomic E-state index is 1.15. The molecule has 0 radical (unpaired) electrons. The van der Waals surface area contributed by atoms with Crippen molar-refractivity contribution in [2.75, 3.05) is 0 Å². The fraction of sp³-hybridized carbons (Fsp3) is 0. The molecule has 0 atom stereocenters. The second-order valence-corrected chi connectivity index (χ2v) is 17.2. The normalized spacial score (nSPS) is 11.9. The van der Waals surface area contributed by atoms with E-state index in [-0.39, 0.29) is 0 Å². The Hall–Kier alpha value is -7.72. The maximum absolute atomic E-state index is 2.44. The van der Waals surface area contributed by atoms with Crippen LogP contribution in [0.2, 0.25) is 0 Å². The van der Waals surface area contributed by atoms with Crippen molar-refractivity contribution in [2.24, 2.45) is 0 Å². The summed E-state index contributed by atoms with van der Waals surface area (Å²) in [5.41, 5.74) is 14.5. The summed E-state index contributed by atoms with van der Waals surface area (Å²) in [5, 5.41) is 10.2. The van der Waals surface area contributed by atoms with Crippen molar-refractivity contribution in [1.29, 1.82) is 0 Å². The summed E-state index contributed by atoms with van der Waals surface area (Å²) < 4.78 is 7.50. The van der Waals surface area contributed by atoms with Crippen molar-refractivity contribution in [3.63, 3.8) is 0 Å². The molecule has 0 aliphatic heterocycles. The van der Waals surface area contributed by atoms with Crippen LogP contribution in [-0.2, 0) is 0 Å². The molecule has 10 aromatic carbocycles. The molecule has 13 aromatic rings. The molecule has 0 spiro atoms. The van der Waals surface area contributed by atoms with Crippen LogP contribution in [0, 0.1) is 0 Å². The zero-order valence-corrected chi connectivity index (χ0v) is 33.9. The van der Waals surface area contributed by atoms with Crippen LogP contribution >= 0.6 is 11.3 Å². The number of hydrogen-bond acceptors (Lipinski definition) is 1. The summed E-state index contributed by atoms with van der Waals surface area (Å²) in [7, 11) is 0. The molecular weight excluding hydrogens is 757 g/mol. The number of thiophene rings is 1. The standard InChI is InChI=1S/C58H36N2S/c1-2-11-40-34-41(21-20-37(40)10-1)38-22-28-44(29-23-38)59-54-18-7-4-13-48(54)52-35-42(27-33-55(52)59)39-24-30-45(31-25-39)60-53-17-6-3-12-47(53)49-32-26-43(36-56(49)60)46-15-9-16-51-50-14-5-8-19-57(50)61-58(46)51/h1-36H. The third kappa shape index (κ3) is 5.34. The van der Waals surface area contributed by atoms with Crippen LogP contribution in [0.1, 0.15) is 0 Å². The SMILES string of the molecule is c1ccc2cc(-c3ccc(-n4c5ccccc5c5cc(-c6ccc(-n7c8ccccc8c8ccc(-c9cccc%10c9sc9ccccc9%10)cc87)cc6)ccc54)cc3)ccc2c1. The van der Waals surface area contributed by atoms with Gasteiger partial charge in [-0.15, -0.1) is 11.3 Å². The Labute approximate surface area is 356 Å². The van der Waals surface area contributed by atoms with E-state index in [1.165, 1.54) is 108 Å². The first-order valence-corrected chi connectivity index (χ1v) is 21.7. The Kier molecular flexibility index (Phi) is 7.51. The Bertz CT molecular complexity index is 3860. The van der Waals surface area contributed by atoms with E-state index in [0.717, 1.165) is 11.4 Å². The average molecular weight is 793 g/mol. The molecule has 0 saturated carbocycles. The van der Waals surface area contributed by atoms with Gasteiger partial charge in [0.15, 0.2) is 0 Å². The summed E-state index contributed by atoms with van der Waals surface area (Å²) in [5.74, 6) is 0. The second-order valence-electron chi connectivity index (χ2n) is 16.1. The van der Waals surface area contributed by atoms with Gasteiger partial charge in [0.25, 0.3) is 0 Å². The molecule has 13 rings (SSSR count). The summed E-state index contributed by atoms with van der Waals surface area (Å²) in [4.78, 5) is 0. The van der Waals surface area contributed by atoms with Gasteiger partial charge in [-0.2, -0.15) is 0 Å². The summed E-state index contributed by atoms with van der Waals surface area (Å²) in [6.45, 7) is 0. The van der Waals surface area contributed by atoms with Crippen molar-refractivity contribution in [3.8, 4) is 44.8 Å². The van der Waals surface area contributed by atoms with E-state index >= 15 is 0 Å². The Morgan fingerprint density at radius 3 is 1.56 bits per heavy atom. The lowest BCUT2D eigenvalue weighted by atomic mass is 10.0. The van der Waals surface area contributed by atoms with Crippen molar-refractivity contribution in [1.82, 2.24) is 9.13 Å². The molecule has 0 unspecified atom stereocenters. The average Bonchev–Trinajstić information content (AvgIpc) is 3.99. The van der Waals surface area contributed by atoms with Crippen LogP contribution in [0.15, 0.2) is 218 Å². The predicted octanol–water partition coefficient (Wildman–Crippen LogP) is 16.4. The molecule has 2 nitrogen and oxygen atoms in total. The molecule has 61 heavy (non-hydrogen) atoms. The number of rotatable bonds is 5. The predicted molar refractivity (Wildman–Crippen MR) is 262 cm³/mol. The Balaban J connectivity index is 0.885. The highest BCUT2D eigenvalue weighted by atomic mass is 32.1. The fourth-order valence-corrected chi connectivity index (χ4v) is 11.0. The Morgan fingerprint density at radius 1 is 0.279 bits per heavy atom. The number of para-hydroxylation sites is 2. The lowest BCUT2D eigenvalue weighted by Crippen LogP contribution is -1.94. The van der Waals surface area contributed by atoms with E-state index in [1.54, 1.807) is 0 Å². The highest BCUT2D eigenvalue weighted by molar-refractivity contribution is 7.26. The van der Waals surface area contributed by atoms with E-state index in [1.807, 2.05) is 11.3 Å². The van der Waals surface area contributed by atoms with E-state index in [4.69, 9.17) is 0 Å². The number of fused-ring (bicyclic) bond motifs is 10. The molecule has 0 amide bonds. The van der Waals surface area contributed by atoms with Gasteiger partial charge >= 0.3 is 0 Å². The van der Waals surface area contributed by atoms with Crippen LogP contribution in [0.5, 0.6) is 0 Å². The molecule has 3 heteroatoms. The zero-order valence-electron chi connectivity index (χ0n) is 33.1. The highest BCUT2D eigenvalue weighted by Gasteiger charge is 2.17. The molecule has 0 aliphatic rings. The maximum atomic E-state index is 2.44. The minimum atomic E-state index is 1.15. The van der Waals surface area contributed by atoms with E-state index in [9.17, 15) is 0 Å². The Morgan fingerprint density at radius 2 is 0.803 bits per heavy atom. The van der Waals surface area contributed by atoms with Gasteiger partial charge in [-0.05, 0) is 111 Å². The number of aromatic nitrogens is 2. The van der Waals surface area contributed by atoms with Crippen LogP contribution in [-0.4, -0.2) is 9.13 Å². The lowest BCUT2D eigenvalue weighted by Gasteiger charge is -2.11. The van der Waals surface area contributed by atoms with Crippen LogP contribution in [0.25, 0.3) is 119 Å². The van der Waals surface area contributed by atoms with Crippen molar-refractivity contribution >= 4 is 85.9 Å². The molecule has 3 aromatic heterocycles. The van der Waals surface area contributed by atoms with Crippen LogP contribution < -0.4 is 0 Å². The summed E-state index contributed by atoms with van der Waals surface area (Å²) in [6, 6.07) is 80.4. The summed E-state index contributed by atoms with van der Waals surface area (Å²) in [6.07, 6.45) is 0. The number of nitrogens with zero attached hydrogens (tertiary/aromatic N) is 2. The first-order chi connectivity index (χ1) is 30.2. The van der Waals surface area contributed by atoms with E-state index in [2.05, 4.69) is 228 Å². The van der Waals surface area contributed by atoms with Gasteiger partial charge in [-0.1, -0.05) is 152 Å². The highest BCUT2D eigenvalue weighted by Crippen LogP contribution is 2.42. The van der Waals surface area contributed by atoms with Crippen molar-refractivity contribution in [3.05, 3.63) is 218 Å². The van der Waals surface area contributed by atoms with Gasteiger partial charge in [0, 0.05) is 53.1 Å². The minimum Gasteiger partial charge on any atom is -0.309 e. The number of benzene rings is 10. The first-order valence-electron chi connectivity index (χ1n) is 20.9. The van der Waals surface area contributed by atoms with Gasteiger partial charge in [0.1, 0.15) is 0 Å². The molecule has 284 valence electrons. The third-order valence-corrected chi connectivity index (χ3v) is 13.9. The molecule has 0 bridgehead atoms. The van der Waals surface area contributed by atoms with E-state index < -0.39 is 0 Å². The second kappa shape index (κ2) is 13.4. The smallest absolute Gasteiger partial charge is 0.0547 e. The quantitative estimate of drug-likeness (QED) is 0.164. The van der Waals surface area contributed by atoms with Crippen molar-refractivity contribution < 1.29 is 0 Å². The lowest BCUT2D eigenvalue weighted by molar-refractivity contribution is 1.18. The number of hydrogen-bond donors (Lipinski definition) is 0. The van der Waals surface area contributed by atoms with Gasteiger partial charge < -0.3 is 9.13 Å². The van der Waals surface area contributed by atoms with Crippen molar-refractivity contribution in [2.45, 2.75) is 0 Å². The maximum Gasteiger partial charge on any atom is 0.0547 e. The van der Waals surface area contributed by atoms with Gasteiger partial charge in [0.2, 0.25) is 0 Å². The monoisotopic (exact) mass is 792 g/mol. The molecule has 3 heterocycles. The zero-order chi connectivity index (χ0) is 40.0. The van der Waals surface area contributed by atoms with E-state index in [0.29, 0.717) is 0 Å². The van der Waals surface area contributed by atoms with Gasteiger partial charge in [-0.25, -0.2) is 0 Å². The molecular formula is C58H36N2S. The van der Waals surface area contributed by atoms with Crippen LogP contribution in [0.3, 0.4) is 0 Å². The topological polar surface area (TPSA) is 9.86 Å².